The molecule has 35 heavy (non-hydrogen) atoms. The molecular formula is C26H30FN3O5. The molecule has 1 fully saturated rings. The molecule has 0 unspecified atom stereocenters. The Hall–Kier alpha value is -3.49. The zero-order chi connectivity index (χ0) is 25.3. The van der Waals surface area contributed by atoms with Crippen LogP contribution in [0.1, 0.15) is 66.3 Å². The number of hydrogen-bond acceptors (Lipinski definition) is 5. The summed E-state index contributed by atoms with van der Waals surface area (Å²) < 4.78 is 19.8. The number of Topliss-reactive ketones (excluding diaryl/α,β-unsaturated/α-hetero) is 1. The topological polar surface area (TPSA) is 97.7 Å². The van der Waals surface area contributed by atoms with Gasteiger partial charge in [-0.3, -0.25) is 19.0 Å². The number of carbonyl (C=O) groups excluding carboxylic acids is 3. The van der Waals surface area contributed by atoms with E-state index in [0.29, 0.717) is 62.2 Å². The van der Waals surface area contributed by atoms with Gasteiger partial charge in [0, 0.05) is 43.0 Å². The molecule has 4 rings (SSSR count). The van der Waals surface area contributed by atoms with Gasteiger partial charge in [0.1, 0.15) is 11.4 Å². The third-order valence-electron chi connectivity index (χ3n) is 6.60. The first-order valence-electron chi connectivity index (χ1n) is 11.9. The third-order valence-corrected chi connectivity index (χ3v) is 6.60. The molecule has 1 aliphatic carbocycles. The van der Waals surface area contributed by atoms with E-state index in [1.165, 1.54) is 35.0 Å². The lowest BCUT2D eigenvalue weighted by atomic mass is 9.73. The summed E-state index contributed by atoms with van der Waals surface area (Å²) in [6.07, 6.45) is 2.85. The van der Waals surface area contributed by atoms with Crippen LogP contribution in [0.3, 0.4) is 0 Å². The van der Waals surface area contributed by atoms with E-state index in [1.807, 2.05) is 13.8 Å². The van der Waals surface area contributed by atoms with E-state index in [2.05, 4.69) is 5.32 Å². The molecule has 2 aliphatic rings. The predicted octanol–water partition coefficient (Wildman–Crippen LogP) is 3.48. The lowest BCUT2D eigenvalue weighted by Gasteiger charge is -2.33. The molecule has 1 aliphatic heterocycles. The van der Waals surface area contributed by atoms with Crippen LogP contribution in [-0.4, -0.2) is 53.0 Å². The second-order valence-electron chi connectivity index (χ2n) is 9.92. The summed E-state index contributed by atoms with van der Waals surface area (Å²) in [5.74, 6) is -1.13. The van der Waals surface area contributed by atoms with Crippen LogP contribution in [0.25, 0.3) is 5.69 Å². The van der Waals surface area contributed by atoms with Crippen LogP contribution < -0.4 is 10.9 Å². The molecular weight excluding hydrogens is 453 g/mol. The number of carbonyl (C=O) groups is 3. The van der Waals surface area contributed by atoms with Crippen LogP contribution in [0.4, 0.5) is 9.18 Å². The normalized spacial score (nSPS) is 17.6. The molecule has 1 aromatic heterocycles. The van der Waals surface area contributed by atoms with Gasteiger partial charge in [-0.05, 0) is 61.4 Å². The zero-order valence-electron chi connectivity index (χ0n) is 20.2. The molecule has 0 saturated carbocycles. The van der Waals surface area contributed by atoms with Gasteiger partial charge in [0.15, 0.2) is 5.78 Å². The largest absolute Gasteiger partial charge is 0.450 e. The van der Waals surface area contributed by atoms with Crippen molar-refractivity contribution in [2.45, 2.75) is 52.5 Å². The van der Waals surface area contributed by atoms with Gasteiger partial charge in [-0.25, -0.2) is 9.18 Å². The monoisotopic (exact) mass is 483 g/mol. The number of aromatic nitrogens is 1. The van der Waals surface area contributed by atoms with Gasteiger partial charge in [-0.15, -0.1) is 0 Å². The third kappa shape index (κ3) is 5.13. The molecule has 0 spiro atoms. The highest BCUT2D eigenvalue weighted by molar-refractivity contribution is 6.04. The van der Waals surface area contributed by atoms with E-state index in [0.717, 1.165) is 0 Å². The number of piperidine rings is 1. The number of ether oxygens (including phenoxy) is 1. The van der Waals surface area contributed by atoms with Crippen molar-refractivity contribution in [3.05, 3.63) is 63.3 Å². The van der Waals surface area contributed by atoms with E-state index in [1.54, 1.807) is 11.8 Å². The van der Waals surface area contributed by atoms with Gasteiger partial charge in [0.2, 0.25) is 0 Å². The summed E-state index contributed by atoms with van der Waals surface area (Å²) in [6.45, 7) is 6.78. The molecule has 0 radical (unpaired) electrons. The summed E-state index contributed by atoms with van der Waals surface area (Å²) in [7, 11) is 0. The number of benzene rings is 1. The summed E-state index contributed by atoms with van der Waals surface area (Å²) in [4.78, 5) is 53.6. The van der Waals surface area contributed by atoms with Crippen molar-refractivity contribution in [2.75, 3.05) is 19.7 Å². The van der Waals surface area contributed by atoms with E-state index < -0.39 is 22.7 Å². The quantitative estimate of drug-likeness (QED) is 0.718. The maximum absolute atomic E-state index is 13.6. The standard InChI is InChI=1S/C26H30FN3O5/c1-4-35-25(34)29-11-9-17(10-12-29)28-23(32)22-19-13-26(2,3)14-21(31)20(19)15-30(24(22)33)18-7-5-16(27)6-8-18/h5-8,15,17H,4,9-14H2,1-3H3,(H,28,32). The van der Waals surface area contributed by atoms with Crippen molar-refractivity contribution in [3.8, 4) is 5.69 Å². The number of ketones is 1. The smallest absolute Gasteiger partial charge is 0.409 e. The number of amides is 2. The van der Waals surface area contributed by atoms with Crippen molar-refractivity contribution in [3.63, 3.8) is 0 Å². The van der Waals surface area contributed by atoms with Crippen LogP contribution in [0.5, 0.6) is 0 Å². The molecule has 2 heterocycles. The number of nitrogens with one attached hydrogen (secondary N) is 1. The van der Waals surface area contributed by atoms with Crippen molar-refractivity contribution in [1.29, 1.82) is 0 Å². The van der Waals surface area contributed by atoms with E-state index in [4.69, 9.17) is 4.74 Å². The van der Waals surface area contributed by atoms with Gasteiger partial charge < -0.3 is 15.0 Å². The number of halogens is 1. The van der Waals surface area contributed by atoms with Gasteiger partial charge in [-0.1, -0.05) is 13.8 Å². The van der Waals surface area contributed by atoms with E-state index in [-0.39, 0.29) is 23.5 Å². The Bertz CT molecular complexity index is 1210. The Labute approximate surface area is 203 Å². The molecule has 2 aromatic rings. The summed E-state index contributed by atoms with van der Waals surface area (Å²) in [5.41, 5.74) is 0.168. The van der Waals surface area contributed by atoms with Gasteiger partial charge in [0.05, 0.1) is 6.61 Å². The fourth-order valence-corrected chi connectivity index (χ4v) is 4.85. The lowest BCUT2D eigenvalue weighted by molar-refractivity contribution is 0.0857. The fraction of sp³-hybridized carbons (Fsp3) is 0.462. The molecule has 1 aromatic carbocycles. The van der Waals surface area contributed by atoms with Crippen molar-refractivity contribution in [2.24, 2.45) is 5.41 Å². The second kappa shape index (κ2) is 9.64. The first-order valence-corrected chi connectivity index (χ1v) is 11.9. The van der Waals surface area contributed by atoms with Crippen LogP contribution in [0, 0.1) is 11.2 Å². The van der Waals surface area contributed by atoms with Gasteiger partial charge in [0.25, 0.3) is 11.5 Å². The molecule has 2 amide bonds. The highest BCUT2D eigenvalue weighted by atomic mass is 19.1. The molecule has 186 valence electrons. The number of hydrogen-bond donors (Lipinski definition) is 1. The Kier molecular flexibility index (Phi) is 6.78. The van der Waals surface area contributed by atoms with Gasteiger partial charge >= 0.3 is 6.09 Å². The number of pyridine rings is 1. The second-order valence-corrected chi connectivity index (χ2v) is 9.92. The molecule has 0 atom stereocenters. The Morgan fingerprint density at radius 3 is 2.40 bits per heavy atom. The summed E-state index contributed by atoms with van der Waals surface area (Å²) in [5, 5.41) is 2.95. The summed E-state index contributed by atoms with van der Waals surface area (Å²) >= 11 is 0. The Morgan fingerprint density at radius 1 is 1.11 bits per heavy atom. The van der Waals surface area contributed by atoms with Crippen LogP contribution >= 0.6 is 0 Å². The van der Waals surface area contributed by atoms with Crippen LogP contribution in [0.2, 0.25) is 0 Å². The number of nitrogens with zero attached hydrogens (tertiary/aromatic N) is 2. The van der Waals surface area contributed by atoms with Crippen LogP contribution in [-0.2, 0) is 11.2 Å². The first-order chi connectivity index (χ1) is 16.6. The number of fused-ring (bicyclic) bond motifs is 1. The maximum Gasteiger partial charge on any atom is 0.409 e. The number of rotatable bonds is 4. The fourth-order valence-electron chi connectivity index (χ4n) is 4.85. The Morgan fingerprint density at radius 2 is 1.77 bits per heavy atom. The Balaban J connectivity index is 1.67. The molecule has 0 bridgehead atoms. The van der Waals surface area contributed by atoms with Crippen LogP contribution in [0.15, 0.2) is 35.3 Å². The molecule has 8 nitrogen and oxygen atoms in total. The summed E-state index contributed by atoms with van der Waals surface area (Å²) in [6, 6.07) is 5.10. The van der Waals surface area contributed by atoms with Gasteiger partial charge in [-0.2, -0.15) is 0 Å². The molecule has 1 saturated heterocycles. The minimum absolute atomic E-state index is 0.0548. The highest BCUT2D eigenvalue weighted by Gasteiger charge is 2.36. The molecule has 1 N–H and O–H groups in total. The van der Waals surface area contributed by atoms with Crippen molar-refractivity contribution in [1.82, 2.24) is 14.8 Å². The average Bonchev–Trinajstić information content (AvgIpc) is 2.79. The maximum atomic E-state index is 13.6. The van der Waals surface area contributed by atoms with Crippen molar-refractivity contribution < 1.29 is 23.5 Å². The van der Waals surface area contributed by atoms with Crippen molar-refractivity contribution >= 4 is 17.8 Å². The minimum atomic E-state index is -0.553. The highest BCUT2D eigenvalue weighted by Crippen LogP contribution is 2.36. The number of likely N-dealkylation sites (tertiary alicyclic amines) is 1. The van der Waals surface area contributed by atoms with E-state index >= 15 is 0 Å². The average molecular weight is 484 g/mol. The first kappa shape index (κ1) is 24.6. The van der Waals surface area contributed by atoms with E-state index in [9.17, 15) is 23.6 Å². The molecule has 9 heteroatoms. The zero-order valence-corrected chi connectivity index (χ0v) is 20.2. The predicted molar refractivity (Wildman–Crippen MR) is 128 cm³/mol. The minimum Gasteiger partial charge on any atom is -0.450 e. The lowest BCUT2D eigenvalue weighted by Crippen LogP contribution is -2.48. The SMILES string of the molecule is CCOC(=O)N1CCC(NC(=O)c2c3c(cn(-c4ccc(F)cc4)c2=O)C(=O)CC(C)(C)C3)CC1.